The molecule has 0 aromatic carbocycles. The van der Waals surface area contributed by atoms with E-state index in [1.54, 1.807) is 7.05 Å². The molecule has 0 saturated carbocycles. The first-order chi connectivity index (χ1) is 37.9. The van der Waals surface area contributed by atoms with Crippen LogP contribution < -0.4 is 37.2 Å². The summed E-state index contributed by atoms with van der Waals surface area (Å²) in [5.74, 6) is -7.88. The molecule has 26 nitrogen and oxygen atoms in total. The third-order valence-electron chi connectivity index (χ3n) is 12.4. The van der Waals surface area contributed by atoms with Crippen molar-refractivity contribution in [3.05, 3.63) is 0 Å². The van der Waals surface area contributed by atoms with Crippen molar-refractivity contribution >= 4 is 65.1 Å². The summed E-state index contributed by atoms with van der Waals surface area (Å²) in [6, 6.07) is -4.32. The van der Waals surface area contributed by atoms with Crippen LogP contribution in [-0.4, -0.2) is 189 Å². The largest absolute Gasteiger partial charge is 0.481 e. The van der Waals surface area contributed by atoms with Gasteiger partial charge in [-0.2, -0.15) is 0 Å². The molecular weight excluding hydrogens is 1040 g/mol. The molecule has 0 radical (unpaired) electrons. The topological polar surface area (TPSA) is 390 Å². The van der Waals surface area contributed by atoms with Crippen molar-refractivity contribution in [2.24, 2.45) is 0 Å². The second kappa shape index (κ2) is 49.2. The first-order valence-electron chi connectivity index (χ1n) is 27.9. The molecule has 0 aliphatic carbocycles. The zero-order chi connectivity index (χ0) is 58.9. The molecule has 0 spiro atoms. The Bertz CT molecular complexity index is 1820. The van der Waals surface area contributed by atoms with E-state index in [9.17, 15) is 68.1 Å². The number of carbonyl (C=O) groups is 11. The number of ether oxygens (including phenoxy) is 4. The molecule has 0 unspecified atom stereocenters. The van der Waals surface area contributed by atoms with Crippen LogP contribution in [0.4, 0.5) is 0 Å². The molecule has 0 fully saturated rings. The summed E-state index contributed by atoms with van der Waals surface area (Å²) < 4.78 is 21.2. The summed E-state index contributed by atoms with van der Waals surface area (Å²) in [7, 11) is 1.69. The minimum absolute atomic E-state index is 0. The van der Waals surface area contributed by atoms with Crippen LogP contribution in [0.2, 0.25) is 0 Å². The number of hydrogen-bond acceptors (Lipinski definition) is 16. The number of nitrogens with one attached hydrogen (secondary N) is 7. The Morgan fingerprint density at radius 1 is 0.354 bits per heavy atom. The number of carboxylic acids is 4. The van der Waals surface area contributed by atoms with E-state index in [0.717, 1.165) is 51.4 Å². The minimum atomic E-state index is -1.48. The van der Waals surface area contributed by atoms with Crippen LogP contribution in [0.1, 0.15) is 175 Å². The Kier molecular flexibility index (Phi) is 45.6. The van der Waals surface area contributed by atoms with Crippen molar-refractivity contribution in [3.8, 4) is 0 Å². The maximum absolute atomic E-state index is 12.5. The van der Waals surface area contributed by atoms with Gasteiger partial charge in [0.15, 0.2) is 0 Å². The summed E-state index contributed by atoms with van der Waals surface area (Å²) in [6.45, 7) is 1.83. The molecule has 79 heavy (non-hydrogen) atoms. The predicted octanol–water partition coefficient (Wildman–Crippen LogP) is 3.35. The standard InChI is InChI=1S/C53H93N7O19.5H2/c1-39(61)40(54-2)19-17-18-28-55-44(62)25-22-42(52(72)73)59-47(65)27-24-43(53(74)75)60-49(67)38-79-36-34-77-32-30-57-48(66)37-78-35-33-76-31-29-56-45(63)26-23-41(51(70)71)58-46(64)20-15-13-11-9-7-5-3-4-6-8-10-12-14-16-21-50(68)69;;;;;/h40-43,54H,3-38H2,1-2H3,(H,55,62)(H,56,63)(H,57,66)(H,58,64)(H,59,65)(H,60,67)(H,68,69)(H,70,71)(H,72,73)(H,74,75);5*1H/t40-,41-,42-,43-;;;;;/m0...../s1. The van der Waals surface area contributed by atoms with E-state index >= 15 is 0 Å². The second-order valence-corrected chi connectivity index (χ2v) is 19.2. The number of unbranched alkanes of at least 4 members (excludes halogenated alkanes) is 14. The maximum atomic E-state index is 12.5. The van der Waals surface area contributed by atoms with Crippen LogP contribution in [0.25, 0.3) is 0 Å². The normalized spacial score (nSPS) is 12.5. The molecule has 0 aromatic rings. The molecule has 11 N–H and O–H groups in total. The lowest BCUT2D eigenvalue weighted by Gasteiger charge is -2.17. The lowest BCUT2D eigenvalue weighted by molar-refractivity contribution is -0.144. The van der Waals surface area contributed by atoms with Gasteiger partial charge in [0, 0.05) is 58.9 Å². The smallest absolute Gasteiger partial charge is 0.326 e. The Balaban J connectivity index is -0.00000304. The molecule has 0 rings (SSSR count). The lowest BCUT2D eigenvalue weighted by atomic mass is 10.0. The Labute approximate surface area is 471 Å². The van der Waals surface area contributed by atoms with Gasteiger partial charge in [0.25, 0.3) is 0 Å². The number of carbonyl (C=O) groups excluding carboxylic acids is 7. The van der Waals surface area contributed by atoms with Crippen LogP contribution in [0.15, 0.2) is 0 Å². The van der Waals surface area contributed by atoms with Crippen molar-refractivity contribution in [2.75, 3.05) is 79.5 Å². The van der Waals surface area contributed by atoms with Gasteiger partial charge in [-0.15, -0.1) is 0 Å². The van der Waals surface area contributed by atoms with Crippen LogP contribution in [-0.2, 0) is 71.7 Å². The molecule has 4 atom stereocenters. The second-order valence-electron chi connectivity index (χ2n) is 19.2. The molecule has 0 saturated heterocycles. The van der Waals surface area contributed by atoms with Crippen molar-refractivity contribution in [1.82, 2.24) is 37.2 Å². The number of aliphatic carboxylic acids is 4. The molecule has 0 heterocycles. The van der Waals surface area contributed by atoms with E-state index < -0.39 is 84.6 Å². The van der Waals surface area contributed by atoms with Crippen molar-refractivity contribution in [3.63, 3.8) is 0 Å². The highest BCUT2D eigenvalue weighted by Gasteiger charge is 2.25. The fraction of sp³-hybridized carbons (Fsp3) is 0.792. The van der Waals surface area contributed by atoms with Gasteiger partial charge in [0.05, 0.1) is 45.7 Å². The quantitative estimate of drug-likeness (QED) is 0.0389. The SMILES string of the molecule is CN[C@@H](CCCCNC(=O)CC[C@H](NC(=O)CC[C@H](NC(=O)COCCOCCNC(=O)COCCOCCNC(=O)CC[C@H](NC(=O)CCCCCCCCCCCCCCCCC(=O)O)C(=O)O)C(=O)O)C(=O)O)C(C)=O.[HH].[HH].[HH].[HH].[HH]. The van der Waals surface area contributed by atoms with Gasteiger partial charge in [0.1, 0.15) is 37.1 Å². The van der Waals surface area contributed by atoms with Gasteiger partial charge in [-0.1, -0.05) is 77.0 Å². The van der Waals surface area contributed by atoms with Gasteiger partial charge in [0.2, 0.25) is 35.4 Å². The average Bonchev–Trinajstić information content (AvgIpc) is 3.39. The summed E-state index contributed by atoms with van der Waals surface area (Å²) >= 11 is 0. The predicted molar refractivity (Wildman–Crippen MR) is 298 cm³/mol. The van der Waals surface area contributed by atoms with Crippen molar-refractivity contribution < 1.29 is 99.2 Å². The molecule has 26 heteroatoms. The molecule has 6 amide bonds. The number of ketones is 1. The Morgan fingerprint density at radius 3 is 1.13 bits per heavy atom. The number of hydrogen-bond donors (Lipinski definition) is 11. The van der Waals surface area contributed by atoms with E-state index in [4.69, 9.17) is 24.1 Å². The number of likely N-dealkylation sites (N-methyl/N-ethyl adjacent to an activating group) is 1. The van der Waals surface area contributed by atoms with E-state index in [0.29, 0.717) is 32.2 Å². The Morgan fingerprint density at radius 2 is 0.709 bits per heavy atom. The molecule has 0 aliphatic heterocycles. The fourth-order valence-electron chi connectivity index (χ4n) is 7.83. The third kappa shape index (κ3) is 45.7. The summed E-state index contributed by atoms with van der Waals surface area (Å²) in [5, 5.41) is 55.1. The van der Waals surface area contributed by atoms with Gasteiger partial charge in [-0.3, -0.25) is 38.4 Å². The molecule has 0 bridgehead atoms. The van der Waals surface area contributed by atoms with Gasteiger partial charge in [-0.05, 0) is 65.3 Å². The van der Waals surface area contributed by atoms with Gasteiger partial charge < -0.3 is 76.6 Å². The first-order valence-corrected chi connectivity index (χ1v) is 27.9. The maximum Gasteiger partial charge on any atom is 0.326 e. The monoisotopic (exact) mass is 1140 g/mol. The van der Waals surface area contributed by atoms with E-state index in [1.165, 1.54) is 39.0 Å². The van der Waals surface area contributed by atoms with E-state index in [-0.39, 0.29) is 129 Å². The van der Waals surface area contributed by atoms with Crippen LogP contribution in [0.3, 0.4) is 0 Å². The summed E-state index contributed by atoms with van der Waals surface area (Å²) in [5.41, 5.74) is 0. The molecular formula is C53H103N7O19. The van der Waals surface area contributed by atoms with Crippen LogP contribution in [0, 0.1) is 0 Å². The number of Topliss-reactive ketones (excluding diaryl/α,β-unsaturated/α-hetero) is 1. The lowest BCUT2D eigenvalue weighted by Crippen LogP contribution is -2.45. The average molecular weight is 1140 g/mol. The highest BCUT2D eigenvalue weighted by molar-refractivity contribution is 5.87. The number of amides is 6. The first kappa shape index (κ1) is 73.2. The molecule has 0 aromatic heterocycles. The highest BCUT2D eigenvalue weighted by atomic mass is 16.5. The van der Waals surface area contributed by atoms with E-state index in [2.05, 4.69) is 37.2 Å². The summed E-state index contributed by atoms with van der Waals surface area (Å²) in [6.07, 6.45) is 15.8. The number of carboxylic acid groups (broad SMARTS) is 4. The van der Waals surface area contributed by atoms with Crippen LogP contribution in [0.5, 0.6) is 0 Å². The van der Waals surface area contributed by atoms with Gasteiger partial charge >= 0.3 is 23.9 Å². The fourth-order valence-corrected chi connectivity index (χ4v) is 7.83. The van der Waals surface area contributed by atoms with Crippen molar-refractivity contribution in [2.45, 2.75) is 192 Å². The molecule has 0 aliphatic rings. The number of rotatable bonds is 55. The van der Waals surface area contributed by atoms with E-state index in [1.807, 2.05) is 0 Å². The van der Waals surface area contributed by atoms with Crippen molar-refractivity contribution in [1.29, 1.82) is 0 Å². The zero-order valence-corrected chi connectivity index (χ0v) is 46.7. The van der Waals surface area contributed by atoms with Crippen LogP contribution >= 0.6 is 0 Å². The zero-order valence-electron chi connectivity index (χ0n) is 46.7. The third-order valence-corrected chi connectivity index (χ3v) is 12.4. The van der Waals surface area contributed by atoms with Gasteiger partial charge in [-0.25, -0.2) is 14.4 Å². The highest BCUT2D eigenvalue weighted by Crippen LogP contribution is 2.14. The molecule has 464 valence electrons. The summed E-state index contributed by atoms with van der Waals surface area (Å²) in [4.78, 5) is 131. The Hall–Kier alpha value is -5.83. The minimum Gasteiger partial charge on any atom is -0.481 e.